The highest BCUT2D eigenvalue weighted by atomic mass is 32.1. The van der Waals surface area contributed by atoms with Gasteiger partial charge in [-0.25, -0.2) is 4.79 Å². The molecule has 0 aliphatic carbocycles. The number of rotatable bonds is 5. The van der Waals surface area contributed by atoms with E-state index in [0.29, 0.717) is 53.0 Å². The number of methoxy groups -OCH3 is 2. The number of hydrogen-bond acceptors (Lipinski definition) is 7. The van der Waals surface area contributed by atoms with E-state index in [1.54, 1.807) is 42.3 Å². The van der Waals surface area contributed by atoms with E-state index < -0.39 is 6.09 Å². The molecule has 1 aliphatic rings. The first-order chi connectivity index (χ1) is 15.5. The van der Waals surface area contributed by atoms with Crippen molar-refractivity contribution in [1.29, 1.82) is 0 Å². The van der Waals surface area contributed by atoms with E-state index in [4.69, 9.17) is 19.9 Å². The van der Waals surface area contributed by atoms with Gasteiger partial charge in [0.15, 0.2) is 11.5 Å². The van der Waals surface area contributed by atoms with E-state index in [2.05, 4.69) is 5.32 Å². The predicted octanol–water partition coefficient (Wildman–Crippen LogP) is 4.16. The van der Waals surface area contributed by atoms with Crippen molar-refractivity contribution in [1.82, 2.24) is 4.90 Å². The smallest absolute Gasteiger partial charge is 0.415 e. The number of fused-ring (bicyclic) bond motifs is 1. The largest absolute Gasteiger partial charge is 0.493 e. The molecule has 3 aromatic rings. The first-order valence-corrected chi connectivity index (χ1v) is 10.8. The highest BCUT2D eigenvalue weighted by Crippen LogP contribution is 2.32. The summed E-state index contributed by atoms with van der Waals surface area (Å²) in [6, 6.07) is 13.9. The number of nitrogen functional groups attached to an aromatic ring is 1. The quantitative estimate of drug-likeness (QED) is 0.563. The summed E-state index contributed by atoms with van der Waals surface area (Å²) < 4.78 is 16.0. The summed E-state index contributed by atoms with van der Waals surface area (Å²) in [7, 11) is 3.06. The van der Waals surface area contributed by atoms with Gasteiger partial charge in [0.05, 0.1) is 37.0 Å². The Balaban J connectivity index is 1.42. The average molecular weight is 454 g/mol. The van der Waals surface area contributed by atoms with Gasteiger partial charge in [-0.3, -0.25) is 4.79 Å². The molecule has 32 heavy (non-hydrogen) atoms. The van der Waals surface area contributed by atoms with Gasteiger partial charge in [0.2, 0.25) is 0 Å². The number of nitrogens with zero attached hydrogens (tertiary/aromatic N) is 1. The topological polar surface area (TPSA) is 103 Å². The fourth-order valence-electron chi connectivity index (χ4n) is 3.44. The first kappa shape index (κ1) is 21.5. The van der Waals surface area contributed by atoms with E-state index in [1.807, 2.05) is 18.2 Å². The molecule has 2 aromatic carbocycles. The second kappa shape index (κ2) is 9.19. The number of carbonyl (C=O) groups is 2. The summed E-state index contributed by atoms with van der Waals surface area (Å²) >= 11 is 1.43. The lowest BCUT2D eigenvalue weighted by molar-refractivity contribution is 0.103. The van der Waals surface area contributed by atoms with E-state index in [0.717, 1.165) is 10.4 Å². The molecule has 0 atom stereocenters. The zero-order chi connectivity index (χ0) is 22.7. The van der Waals surface area contributed by atoms with Crippen LogP contribution < -0.4 is 25.3 Å². The molecule has 0 fully saturated rings. The molecule has 8 nitrogen and oxygen atoms in total. The van der Waals surface area contributed by atoms with Crippen molar-refractivity contribution in [2.24, 2.45) is 0 Å². The average Bonchev–Trinajstić information content (AvgIpc) is 3.24. The lowest BCUT2D eigenvalue weighted by atomic mass is 10.1. The third kappa shape index (κ3) is 4.47. The van der Waals surface area contributed by atoms with E-state index in [9.17, 15) is 9.59 Å². The van der Waals surface area contributed by atoms with Crippen molar-refractivity contribution in [3.63, 3.8) is 0 Å². The Hall–Kier alpha value is -3.72. The van der Waals surface area contributed by atoms with Crippen molar-refractivity contribution < 1.29 is 23.8 Å². The van der Waals surface area contributed by atoms with Gasteiger partial charge >= 0.3 is 6.09 Å². The predicted molar refractivity (Wildman–Crippen MR) is 123 cm³/mol. The van der Waals surface area contributed by atoms with Crippen molar-refractivity contribution >= 4 is 34.7 Å². The summed E-state index contributed by atoms with van der Waals surface area (Å²) in [6.45, 7) is 0.880. The lowest BCUT2D eigenvalue weighted by Gasteiger charge is -2.26. The SMILES string of the molecule is COc1ccc(OC(=O)N2CCc3sc(C(=O)Nc4ccccc4N)cc3C2)cc1OC. The minimum absolute atomic E-state index is 0.221. The molecule has 1 aliphatic heterocycles. The Kier molecular flexibility index (Phi) is 6.18. The highest BCUT2D eigenvalue weighted by molar-refractivity contribution is 7.14. The van der Waals surface area contributed by atoms with Crippen LogP contribution in [0, 0.1) is 0 Å². The van der Waals surface area contributed by atoms with Crippen LogP contribution >= 0.6 is 11.3 Å². The third-order valence-electron chi connectivity index (χ3n) is 5.12. The van der Waals surface area contributed by atoms with E-state index >= 15 is 0 Å². The summed E-state index contributed by atoms with van der Waals surface area (Å²) in [6.07, 6.45) is 0.194. The number of anilines is 2. The fraction of sp³-hybridized carbons (Fsp3) is 0.217. The van der Waals surface area contributed by atoms with Crippen LogP contribution in [0.3, 0.4) is 0 Å². The van der Waals surface area contributed by atoms with Gasteiger partial charge in [-0.1, -0.05) is 12.1 Å². The zero-order valence-electron chi connectivity index (χ0n) is 17.7. The molecular weight excluding hydrogens is 430 g/mol. The molecule has 9 heteroatoms. The Morgan fingerprint density at radius 3 is 2.59 bits per heavy atom. The maximum absolute atomic E-state index is 12.7. The minimum atomic E-state index is -0.461. The number of hydrogen-bond donors (Lipinski definition) is 2. The number of thiophene rings is 1. The molecule has 2 heterocycles. The van der Waals surface area contributed by atoms with E-state index in [1.165, 1.54) is 18.4 Å². The Bertz CT molecular complexity index is 1160. The second-order valence-electron chi connectivity index (χ2n) is 7.16. The van der Waals surface area contributed by atoms with E-state index in [-0.39, 0.29) is 5.91 Å². The van der Waals surface area contributed by atoms with Gasteiger partial charge < -0.3 is 30.2 Å². The number of amides is 2. The number of ether oxygens (including phenoxy) is 3. The van der Waals surface area contributed by atoms with Crippen molar-refractivity contribution in [3.05, 3.63) is 63.8 Å². The number of carbonyl (C=O) groups excluding carboxylic acids is 2. The van der Waals surface area contributed by atoms with Crippen LogP contribution in [0.15, 0.2) is 48.5 Å². The first-order valence-electron chi connectivity index (χ1n) is 9.94. The van der Waals surface area contributed by atoms with Crippen LogP contribution in [0.1, 0.15) is 20.1 Å². The maximum Gasteiger partial charge on any atom is 0.415 e. The molecule has 4 rings (SSSR count). The van der Waals surface area contributed by atoms with Crippen LogP contribution in [0.5, 0.6) is 17.2 Å². The minimum Gasteiger partial charge on any atom is -0.493 e. The van der Waals surface area contributed by atoms with Crippen LogP contribution in [-0.2, 0) is 13.0 Å². The molecule has 0 unspecified atom stereocenters. The number of benzene rings is 2. The van der Waals surface area contributed by atoms with Gasteiger partial charge in [-0.15, -0.1) is 11.3 Å². The van der Waals surface area contributed by atoms with Crippen molar-refractivity contribution in [3.8, 4) is 17.2 Å². The zero-order valence-corrected chi connectivity index (χ0v) is 18.5. The number of nitrogens with two attached hydrogens (primary N) is 1. The fourth-order valence-corrected chi connectivity index (χ4v) is 4.50. The van der Waals surface area contributed by atoms with Crippen LogP contribution in [-0.4, -0.2) is 37.7 Å². The van der Waals surface area contributed by atoms with Crippen LogP contribution in [0.2, 0.25) is 0 Å². The Morgan fingerprint density at radius 2 is 1.84 bits per heavy atom. The monoisotopic (exact) mass is 453 g/mol. The standard InChI is InChI=1S/C23H23N3O5S/c1-29-18-8-7-15(12-19(18)30-2)31-23(28)26-10-9-20-14(13-26)11-21(32-20)22(27)25-17-6-4-3-5-16(17)24/h3-8,11-12H,9-10,13,24H2,1-2H3,(H,25,27). The second-order valence-corrected chi connectivity index (χ2v) is 8.29. The molecule has 0 radical (unpaired) electrons. The summed E-state index contributed by atoms with van der Waals surface area (Å²) in [4.78, 5) is 28.6. The molecule has 0 saturated carbocycles. The third-order valence-corrected chi connectivity index (χ3v) is 6.35. The molecule has 166 valence electrons. The van der Waals surface area contributed by atoms with Gasteiger partial charge in [0, 0.05) is 17.5 Å². The summed E-state index contributed by atoms with van der Waals surface area (Å²) in [5.74, 6) is 1.17. The Morgan fingerprint density at radius 1 is 1.06 bits per heavy atom. The molecule has 0 bridgehead atoms. The molecule has 1 aromatic heterocycles. The van der Waals surface area contributed by atoms with Gasteiger partial charge in [-0.05, 0) is 42.3 Å². The molecule has 0 spiro atoms. The molecule has 3 N–H and O–H groups in total. The maximum atomic E-state index is 12.7. The highest BCUT2D eigenvalue weighted by Gasteiger charge is 2.26. The Labute approximate surface area is 189 Å². The molecule has 2 amide bonds. The lowest BCUT2D eigenvalue weighted by Crippen LogP contribution is -2.37. The normalized spacial score (nSPS) is 12.6. The number of nitrogens with one attached hydrogen (secondary N) is 1. The molecule has 0 saturated heterocycles. The van der Waals surface area contributed by atoms with Gasteiger partial charge in [0.25, 0.3) is 5.91 Å². The molecular formula is C23H23N3O5S. The number of para-hydroxylation sites is 2. The van der Waals surface area contributed by atoms with Crippen LogP contribution in [0.25, 0.3) is 0 Å². The van der Waals surface area contributed by atoms with Crippen molar-refractivity contribution in [2.75, 3.05) is 31.8 Å². The van der Waals surface area contributed by atoms with Crippen LogP contribution in [0.4, 0.5) is 16.2 Å². The summed E-state index contributed by atoms with van der Waals surface area (Å²) in [5, 5.41) is 2.84. The van der Waals surface area contributed by atoms with Crippen molar-refractivity contribution in [2.45, 2.75) is 13.0 Å². The van der Waals surface area contributed by atoms with Gasteiger partial charge in [0.1, 0.15) is 5.75 Å². The van der Waals surface area contributed by atoms with Gasteiger partial charge in [-0.2, -0.15) is 0 Å². The summed E-state index contributed by atoms with van der Waals surface area (Å²) in [5.41, 5.74) is 7.93.